The van der Waals surface area contributed by atoms with Gasteiger partial charge in [-0.1, -0.05) is 30.0 Å². The lowest BCUT2D eigenvalue weighted by molar-refractivity contribution is 0.0765. The second kappa shape index (κ2) is 9.32. The predicted molar refractivity (Wildman–Crippen MR) is 111 cm³/mol. The van der Waals surface area contributed by atoms with E-state index in [0.717, 1.165) is 22.3 Å². The van der Waals surface area contributed by atoms with Gasteiger partial charge < -0.3 is 14.4 Å². The van der Waals surface area contributed by atoms with Crippen LogP contribution in [0.4, 0.5) is 0 Å². The van der Waals surface area contributed by atoms with E-state index in [2.05, 4.69) is 4.98 Å². The topological polar surface area (TPSA) is 56.6 Å². The number of thioether (sulfide) groups is 1. The van der Waals surface area contributed by atoms with Crippen molar-refractivity contribution in [1.82, 2.24) is 14.5 Å². The molecule has 7 heteroatoms. The molecule has 1 heterocycles. The summed E-state index contributed by atoms with van der Waals surface area (Å²) >= 11 is 1.50. The van der Waals surface area contributed by atoms with Gasteiger partial charge in [-0.25, -0.2) is 4.98 Å². The number of imidazole rings is 1. The van der Waals surface area contributed by atoms with Crippen molar-refractivity contribution in [2.75, 3.05) is 33.6 Å². The van der Waals surface area contributed by atoms with Crippen molar-refractivity contribution in [3.8, 4) is 17.2 Å². The van der Waals surface area contributed by atoms with Crippen LogP contribution in [0, 0.1) is 0 Å². The second-order valence-corrected chi connectivity index (χ2v) is 6.83. The van der Waals surface area contributed by atoms with E-state index in [9.17, 15) is 4.79 Å². The lowest BCUT2D eigenvalue weighted by Crippen LogP contribution is -2.32. The third-order valence-electron chi connectivity index (χ3n) is 4.25. The molecule has 0 bridgehead atoms. The summed E-state index contributed by atoms with van der Waals surface area (Å²) in [6.07, 6.45) is 3.57. The average molecular weight is 398 g/mol. The Bertz CT molecular complexity index is 910. The zero-order valence-electron chi connectivity index (χ0n) is 16.2. The Morgan fingerprint density at radius 2 is 1.79 bits per heavy atom. The number of carbonyl (C=O) groups is 1. The highest BCUT2D eigenvalue weighted by atomic mass is 32.2. The number of benzene rings is 2. The molecular formula is C21H23N3O3S. The van der Waals surface area contributed by atoms with E-state index in [1.54, 1.807) is 25.3 Å². The predicted octanol–water partition coefficient (Wildman–Crippen LogP) is 3.75. The van der Waals surface area contributed by atoms with Crippen molar-refractivity contribution in [2.45, 2.75) is 5.16 Å². The first-order valence-electron chi connectivity index (χ1n) is 8.83. The third kappa shape index (κ3) is 4.48. The Hall–Kier alpha value is -2.93. The van der Waals surface area contributed by atoms with Gasteiger partial charge in [0.15, 0.2) is 5.16 Å². The van der Waals surface area contributed by atoms with Gasteiger partial charge in [-0.3, -0.25) is 9.36 Å². The summed E-state index contributed by atoms with van der Waals surface area (Å²) in [5.74, 6) is 1.41. The van der Waals surface area contributed by atoms with Gasteiger partial charge >= 0.3 is 0 Å². The van der Waals surface area contributed by atoms with Crippen molar-refractivity contribution in [1.29, 1.82) is 0 Å². The minimum atomic E-state index is -0.102. The molecular weight excluding hydrogens is 374 g/mol. The molecule has 3 rings (SSSR count). The Morgan fingerprint density at radius 1 is 1.11 bits per heavy atom. The fourth-order valence-electron chi connectivity index (χ4n) is 2.73. The van der Waals surface area contributed by atoms with Gasteiger partial charge in [0.05, 0.1) is 19.9 Å². The summed E-state index contributed by atoms with van der Waals surface area (Å²) in [5, 5.41) is 0.775. The number of amides is 1. The first-order chi connectivity index (χ1) is 13.6. The van der Waals surface area contributed by atoms with Crippen LogP contribution in [0.25, 0.3) is 5.69 Å². The summed E-state index contributed by atoms with van der Waals surface area (Å²) in [6, 6.07) is 17.1. The fourth-order valence-corrected chi connectivity index (χ4v) is 3.27. The van der Waals surface area contributed by atoms with Gasteiger partial charge in [0.25, 0.3) is 5.91 Å². The van der Waals surface area contributed by atoms with E-state index in [0.29, 0.717) is 18.8 Å². The van der Waals surface area contributed by atoms with Gasteiger partial charge in [-0.05, 0) is 42.7 Å². The quantitative estimate of drug-likeness (QED) is 0.542. The van der Waals surface area contributed by atoms with Gasteiger partial charge in [-0.15, -0.1) is 0 Å². The fraction of sp³-hybridized carbons (Fsp3) is 0.238. The first-order valence-corrected chi connectivity index (χ1v) is 10.1. The summed E-state index contributed by atoms with van der Waals surface area (Å²) in [6.45, 7) is 0.850. The number of methoxy groups -OCH3 is 1. The molecule has 146 valence electrons. The van der Waals surface area contributed by atoms with Crippen LogP contribution in [0.3, 0.4) is 0 Å². The smallest absolute Gasteiger partial charge is 0.272 e. The number of rotatable bonds is 8. The summed E-state index contributed by atoms with van der Waals surface area (Å²) in [4.78, 5) is 19.0. The number of aromatic nitrogens is 2. The molecule has 28 heavy (non-hydrogen) atoms. The molecule has 0 aliphatic rings. The van der Waals surface area contributed by atoms with Crippen LogP contribution >= 0.6 is 11.8 Å². The Morgan fingerprint density at radius 3 is 2.43 bits per heavy atom. The maximum absolute atomic E-state index is 13.0. The average Bonchev–Trinajstić information content (AvgIpc) is 3.18. The molecule has 0 saturated heterocycles. The molecule has 1 amide bonds. The lowest BCUT2D eigenvalue weighted by Gasteiger charge is -2.19. The minimum Gasteiger partial charge on any atom is -0.497 e. The molecule has 6 nitrogen and oxygen atoms in total. The molecule has 0 aliphatic heterocycles. The molecule has 0 saturated carbocycles. The van der Waals surface area contributed by atoms with Gasteiger partial charge in [0.1, 0.15) is 23.8 Å². The normalized spacial score (nSPS) is 10.5. The van der Waals surface area contributed by atoms with Crippen molar-refractivity contribution in [3.05, 3.63) is 66.5 Å². The Kier molecular flexibility index (Phi) is 6.60. The monoisotopic (exact) mass is 397 g/mol. The molecule has 2 aromatic carbocycles. The van der Waals surface area contributed by atoms with Crippen LogP contribution in [0.1, 0.15) is 10.5 Å². The van der Waals surface area contributed by atoms with E-state index >= 15 is 0 Å². The van der Waals surface area contributed by atoms with Gasteiger partial charge in [0, 0.05) is 12.7 Å². The van der Waals surface area contributed by atoms with E-state index in [1.807, 2.05) is 65.4 Å². The molecule has 0 spiro atoms. The van der Waals surface area contributed by atoms with Crippen LogP contribution in [0.15, 0.2) is 66.0 Å². The van der Waals surface area contributed by atoms with Crippen molar-refractivity contribution >= 4 is 17.7 Å². The standard InChI is InChI=1S/C21H23N3O3S/c1-23(13-14-27-18-11-9-17(26-2)10-12-18)20(25)19-15-22-21(28-3)24(19)16-7-5-4-6-8-16/h4-12,15H,13-14H2,1-3H3. The summed E-state index contributed by atoms with van der Waals surface area (Å²) < 4.78 is 12.7. The molecule has 1 aromatic heterocycles. The number of nitrogens with zero attached hydrogens (tertiary/aromatic N) is 3. The van der Waals surface area contributed by atoms with Crippen molar-refractivity contribution < 1.29 is 14.3 Å². The van der Waals surface area contributed by atoms with E-state index < -0.39 is 0 Å². The van der Waals surface area contributed by atoms with Gasteiger partial charge in [0.2, 0.25) is 0 Å². The highest BCUT2D eigenvalue weighted by Crippen LogP contribution is 2.22. The number of para-hydroxylation sites is 1. The van der Waals surface area contributed by atoms with Crippen LogP contribution in [0.5, 0.6) is 11.5 Å². The molecule has 0 unspecified atom stereocenters. The Balaban J connectivity index is 1.67. The summed E-state index contributed by atoms with van der Waals surface area (Å²) in [5.41, 5.74) is 1.44. The number of likely N-dealkylation sites (N-methyl/N-ethyl adjacent to an activating group) is 1. The van der Waals surface area contributed by atoms with Crippen molar-refractivity contribution in [2.24, 2.45) is 0 Å². The minimum absolute atomic E-state index is 0.102. The maximum Gasteiger partial charge on any atom is 0.272 e. The second-order valence-electron chi connectivity index (χ2n) is 6.05. The maximum atomic E-state index is 13.0. The number of carbonyl (C=O) groups excluding carboxylic acids is 1. The molecule has 0 aliphatic carbocycles. The zero-order chi connectivity index (χ0) is 19.9. The van der Waals surface area contributed by atoms with Crippen LogP contribution in [-0.4, -0.2) is 53.9 Å². The van der Waals surface area contributed by atoms with E-state index in [-0.39, 0.29) is 5.91 Å². The summed E-state index contributed by atoms with van der Waals surface area (Å²) in [7, 11) is 3.39. The largest absolute Gasteiger partial charge is 0.497 e. The van der Waals surface area contributed by atoms with Crippen LogP contribution < -0.4 is 9.47 Å². The highest BCUT2D eigenvalue weighted by Gasteiger charge is 2.20. The number of hydrogen-bond acceptors (Lipinski definition) is 5. The molecule has 0 N–H and O–H groups in total. The molecule has 0 radical (unpaired) electrons. The molecule has 3 aromatic rings. The van der Waals surface area contributed by atoms with Crippen LogP contribution in [0.2, 0.25) is 0 Å². The number of hydrogen-bond donors (Lipinski definition) is 0. The SMILES string of the molecule is COc1ccc(OCCN(C)C(=O)c2cnc(SC)n2-c2ccccc2)cc1. The zero-order valence-corrected chi connectivity index (χ0v) is 17.0. The van der Waals surface area contributed by atoms with Crippen LogP contribution in [-0.2, 0) is 0 Å². The van der Waals surface area contributed by atoms with Crippen molar-refractivity contribution in [3.63, 3.8) is 0 Å². The lowest BCUT2D eigenvalue weighted by atomic mass is 10.3. The van der Waals surface area contributed by atoms with E-state index in [1.165, 1.54) is 11.8 Å². The third-order valence-corrected chi connectivity index (χ3v) is 4.90. The first kappa shape index (κ1) is 19.8. The highest BCUT2D eigenvalue weighted by molar-refractivity contribution is 7.98. The molecule has 0 atom stereocenters. The molecule has 0 fully saturated rings. The Labute approximate surface area is 169 Å². The van der Waals surface area contributed by atoms with Gasteiger partial charge in [-0.2, -0.15) is 0 Å². The number of ether oxygens (including phenoxy) is 2. The van der Waals surface area contributed by atoms with E-state index in [4.69, 9.17) is 9.47 Å².